The third-order valence-corrected chi connectivity index (χ3v) is 4.59. The lowest BCUT2D eigenvalue weighted by molar-refractivity contribution is -0.139. The minimum Gasteiger partial charge on any atom is -0.393 e. The van der Waals surface area contributed by atoms with E-state index >= 15 is 0 Å². The van der Waals surface area contributed by atoms with E-state index in [1.165, 1.54) is 0 Å². The standard InChI is InChI=1S/C18H28N6O2/c1-18(2)14-15(25)26-17(22-18)21-6-3-4-9-23-10-12-24(13-11-23)16-19-7-5-8-20-16/h5,7-8H,3-4,6,9-14H2,1-2H3,(H,21,22). The van der Waals surface area contributed by atoms with Crippen LogP contribution in [0.1, 0.15) is 33.1 Å². The molecule has 2 saturated heterocycles. The molecular weight excluding hydrogens is 332 g/mol. The number of nitrogens with one attached hydrogen (secondary N) is 1. The molecule has 8 nitrogen and oxygen atoms in total. The van der Waals surface area contributed by atoms with E-state index in [9.17, 15) is 4.79 Å². The Morgan fingerprint density at radius 3 is 2.62 bits per heavy atom. The summed E-state index contributed by atoms with van der Waals surface area (Å²) in [6.45, 7) is 9.66. The van der Waals surface area contributed by atoms with E-state index in [1.54, 1.807) is 12.4 Å². The molecule has 1 aromatic heterocycles. The lowest BCUT2D eigenvalue weighted by Crippen LogP contribution is -2.51. The maximum atomic E-state index is 11.6. The van der Waals surface area contributed by atoms with Gasteiger partial charge >= 0.3 is 5.97 Å². The van der Waals surface area contributed by atoms with Crippen molar-refractivity contribution in [2.75, 3.05) is 44.2 Å². The SMILES string of the molecule is CC1(C)CC(=O)O/C(=N\CCCCN2CCN(c3ncccn3)CC2)N1. The summed E-state index contributed by atoms with van der Waals surface area (Å²) < 4.78 is 5.14. The van der Waals surface area contributed by atoms with Crippen LogP contribution in [0.4, 0.5) is 5.95 Å². The maximum absolute atomic E-state index is 11.6. The Morgan fingerprint density at radius 1 is 1.19 bits per heavy atom. The highest BCUT2D eigenvalue weighted by Crippen LogP contribution is 2.14. The molecule has 0 atom stereocenters. The van der Waals surface area contributed by atoms with E-state index in [-0.39, 0.29) is 11.5 Å². The molecule has 0 aliphatic carbocycles. The number of piperazine rings is 1. The van der Waals surface area contributed by atoms with Gasteiger partial charge in [0.2, 0.25) is 5.95 Å². The van der Waals surface area contributed by atoms with E-state index in [4.69, 9.17) is 4.74 Å². The monoisotopic (exact) mass is 360 g/mol. The Kier molecular flexibility index (Phi) is 6.03. The molecule has 26 heavy (non-hydrogen) atoms. The summed E-state index contributed by atoms with van der Waals surface area (Å²) in [5, 5.41) is 3.16. The van der Waals surface area contributed by atoms with Gasteiger partial charge in [0.05, 0.1) is 6.42 Å². The van der Waals surface area contributed by atoms with Crippen LogP contribution in [0.2, 0.25) is 0 Å². The number of ether oxygens (including phenoxy) is 1. The Morgan fingerprint density at radius 2 is 1.92 bits per heavy atom. The quantitative estimate of drug-likeness (QED) is 0.600. The zero-order valence-electron chi connectivity index (χ0n) is 15.6. The molecule has 2 aliphatic rings. The van der Waals surface area contributed by atoms with E-state index in [2.05, 4.69) is 30.1 Å². The highest BCUT2D eigenvalue weighted by Gasteiger charge is 2.30. The van der Waals surface area contributed by atoms with Crippen LogP contribution in [0.3, 0.4) is 0 Å². The highest BCUT2D eigenvalue weighted by molar-refractivity contribution is 5.91. The number of carbonyl (C=O) groups excluding carboxylic acids is 1. The first kappa shape index (κ1) is 18.6. The van der Waals surface area contributed by atoms with Gasteiger partial charge in [-0.05, 0) is 39.3 Å². The highest BCUT2D eigenvalue weighted by atomic mass is 16.6. The van der Waals surface area contributed by atoms with Crippen LogP contribution < -0.4 is 10.2 Å². The summed E-state index contributed by atoms with van der Waals surface area (Å²) in [5.74, 6) is 0.605. The molecule has 1 N–H and O–H groups in total. The van der Waals surface area contributed by atoms with Gasteiger partial charge in [0.15, 0.2) is 0 Å². The van der Waals surface area contributed by atoms with Crippen LogP contribution in [0.5, 0.6) is 0 Å². The van der Waals surface area contributed by atoms with E-state index in [0.717, 1.165) is 51.5 Å². The number of esters is 1. The Labute approximate surface area is 154 Å². The molecule has 8 heteroatoms. The summed E-state index contributed by atoms with van der Waals surface area (Å²) >= 11 is 0. The second kappa shape index (κ2) is 8.44. The fraction of sp³-hybridized carbons (Fsp3) is 0.667. The molecule has 0 unspecified atom stereocenters. The van der Waals surface area contributed by atoms with Crippen molar-refractivity contribution in [3.63, 3.8) is 0 Å². The first-order chi connectivity index (χ1) is 12.5. The van der Waals surface area contributed by atoms with Crippen LogP contribution in [-0.2, 0) is 9.53 Å². The predicted octanol–water partition coefficient (Wildman–Crippen LogP) is 1.05. The number of hydrogen-bond donors (Lipinski definition) is 1. The summed E-state index contributed by atoms with van der Waals surface area (Å²) in [6.07, 6.45) is 6.00. The fourth-order valence-electron chi connectivity index (χ4n) is 3.19. The number of hydrogen-bond acceptors (Lipinski definition) is 7. The van der Waals surface area contributed by atoms with E-state index < -0.39 is 0 Å². The Bertz CT molecular complexity index is 626. The lowest BCUT2D eigenvalue weighted by atomic mass is 10.0. The van der Waals surface area contributed by atoms with Gasteiger partial charge in [-0.3, -0.25) is 9.69 Å². The molecule has 0 aromatic carbocycles. The molecule has 3 rings (SSSR count). The van der Waals surface area contributed by atoms with E-state index in [1.807, 2.05) is 19.9 Å². The summed E-state index contributed by atoms with van der Waals surface area (Å²) in [4.78, 5) is 29.3. The summed E-state index contributed by atoms with van der Waals surface area (Å²) in [6, 6.07) is 2.20. The number of rotatable bonds is 6. The Balaban J connectivity index is 1.32. The number of aliphatic imine (C=N–C) groups is 1. The van der Waals surface area contributed by atoms with Crippen LogP contribution >= 0.6 is 0 Å². The average molecular weight is 360 g/mol. The Hall–Kier alpha value is -2.22. The van der Waals surface area contributed by atoms with E-state index in [0.29, 0.717) is 19.0 Å². The normalized spacial score (nSPS) is 22.2. The van der Waals surface area contributed by atoms with Crippen molar-refractivity contribution in [2.24, 2.45) is 4.99 Å². The number of amidine groups is 1. The van der Waals surface area contributed by atoms with Gasteiger partial charge in [0.25, 0.3) is 6.02 Å². The smallest absolute Gasteiger partial charge is 0.315 e. The second-order valence-corrected chi connectivity index (χ2v) is 7.43. The molecule has 0 spiro atoms. The van der Waals surface area contributed by atoms with Crippen molar-refractivity contribution >= 4 is 17.9 Å². The van der Waals surface area contributed by atoms with Gasteiger partial charge in [-0.2, -0.15) is 0 Å². The molecular formula is C18H28N6O2. The molecule has 0 amide bonds. The van der Waals surface area contributed by atoms with Gasteiger partial charge in [0.1, 0.15) is 0 Å². The number of anilines is 1. The van der Waals surface area contributed by atoms with Gasteiger partial charge in [-0.15, -0.1) is 0 Å². The number of unbranched alkanes of at least 4 members (excludes halogenated alkanes) is 1. The largest absolute Gasteiger partial charge is 0.393 e. The van der Waals surface area contributed by atoms with Crippen molar-refractivity contribution < 1.29 is 9.53 Å². The van der Waals surface area contributed by atoms with Gasteiger partial charge < -0.3 is 15.0 Å². The second-order valence-electron chi connectivity index (χ2n) is 7.43. The molecule has 2 aliphatic heterocycles. The minimum atomic E-state index is -0.281. The van der Waals surface area contributed by atoms with Crippen molar-refractivity contribution in [1.82, 2.24) is 20.2 Å². The van der Waals surface area contributed by atoms with Crippen molar-refractivity contribution in [1.29, 1.82) is 0 Å². The third-order valence-electron chi connectivity index (χ3n) is 4.59. The summed E-state index contributed by atoms with van der Waals surface area (Å²) in [7, 11) is 0. The molecule has 0 radical (unpaired) electrons. The van der Waals surface area contributed by atoms with Crippen molar-refractivity contribution in [2.45, 2.75) is 38.6 Å². The fourth-order valence-corrected chi connectivity index (χ4v) is 3.19. The summed E-state index contributed by atoms with van der Waals surface area (Å²) in [5.41, 5.74) is -0.281. The predicted molar refractivity (Wildman–Crippen MR) is 100 cm³/mol. The zero-order valence-corrected chi connectivity index (χ0v) is 15.6. The number of cyclic esters (lactones) is 1. The first-order valence-corrected chi connectivity index (χ1v) is 9.29. The molecule has 0 saturated carbocycles. The van der Waals surface area contributed by atoms with Crippen molar-refractivity contribution in [3.8, 4) is 0 Å². The van der Waals surface area contributed by atoms with Crippen LogP contribution in [-0.4, -0.2) is 71.7 Å². The molecule has 3 heterocycles. The molecule has 0 bridgehead atoms. The third kappa shape index (κ3) is 5.39. The molecule has 1 aromatic rings. The maximum Gasteiger partial charge on any atom is 0.315 e. The molecule has 2 fully saturated rings. The first-order valence-electron chi connectivity index (χ1n) is 9.29. The number of nitrogens with zero attached hydrogens (tertiary/aromatic N) is 5. The van der Waals surface area contributed by atoms with Gasteiger partial charge in [-0.25, -0.2) is 15.0 Å². The number of carbonyl (C=O) groups is 1. The van der Waals surface area contributed by atoms with Crippen molar-refractivity contribution in [3.05, 3.63) is 18.5 Å². The molecule has 142 valence electrons. The number of aromatic nitrogens is 2. The van der Waals surface area contributed by atoms with Gasteiger partial charge in [-0.1, -0.05) is 0 Å². The lowest BCUT2D eigenvalue weighted by Gasteiger charge is -2.34. The van der Waals surface area contributed by atoms with Gasteiger partial charge in [0, 0.05) is 50.7 Å². The zero-order chi connectivity index (χ0) is 18.4. The topological polar surface area (TPSA) is 83.0 Å². The minimum absolute atomic E-state index is 0.215. The van der Waals surface area contributed by atoms with Crippen LogP contribution in [0.15, 0.2) is 23.5 Å². The van der Waals surface area contributed by atoms with Crippen LogP contribution in [0, 0.1) is 0 Å². The average Bonchev–Trinajstić information content (AvgIpc) is 2.61. The van der Waals surface area contributed by atoms with Crippen LogP contribution in [0.25, 0.3) is 0 Å².